The highest BCUT2D eigenvalue weighted by Gasteiger charge is 2.49. The summed E-state index contributed by atoms with van der Waals surface area (Å²) in [6, 6.07) is 25.5. The van der Waals surface area contributed by atoms with E-state index in [-0.39, 0.29) is 11.5 Å². The van der Waals surface area contributed by atoms with Crippen LogP contribution in [0.25, 0.3) is 22.3 Å². The zero-order valence-electron chi connectivity index (χ0n) is 15.3. The molecular formula is C23H16ClN3O2. The standard InChI is InChI=1S/C23H16ClN3O2/c24-19-20(15-9-3-1-4-10-15)26(23(19)29)27-21(16-11-5-2-6-12-16)25-18-14-8-7-13-17(18)22(27)28/h1-14,19-20H. The molecule has 1 aliphatic rings. The minimum Gasteiger partial charge on any atom is -0.271 e. The lowest BCUT2D eigenvalue weighted by Gasteiger charge is -2.45. The van der Waals surface area contributed by atoms with Gasteiger partial charge in [0, 0.05) is 5.56 Å². The van der Waals surface area contributed by atoms with Crippen molar-refractivity contribution in [1.82, 2.24) is 9.66 Å². The monoisotopic (exact) mass is 401 g/mol. The SMILES string of the molecule is O=C1C(Cl)C(c2ccccc2)N1n1c(-c2ccccc2)nc2ccccc2c1=O. The van der Waals surface area contributed by atoms with E-state index in [1.165, 1.54) is 9.69 Å². The molecule has 2 heterocycles. The number of fused-ring (bicyclic) bond motifs is 1. The first-order chi connectivity index (χ1) is 14.2. The summed E-state index contributed by atoms with van der Waals surface area (Å²) in [5.74, 6) is 0.0871. The van der Waals surface area contributed by atoms with Crippen molar-refractivity contribution in [3.8, 4) is 11.4 Å². The first-order valence-corrected chi connectivity index (χ1v) is 9.70. The Morgan fingerprint density at radius 2 is 1.41 bits per heavy atom. The molecule has 0 bridgehead atoms. The molecule has 6 heteroatoms. The first-order valence-electron chi connectivity index (χ1n) is 9.26. The average molecular weight is 402 g/mol. The van der Waals surface area contributed by atoms with Crippen LogP contribution in [-0.2, 0) is 4.79 Å². The van der Waals surface area contributed by atoms with Gasteiger partial charge in [-0.2, -0.15) is 4.68 Å². The third-order valence-corrected chi connectivity index (χ3v) is 5.57. The van der Waals surface area contributed by atoms with Crippen LogP contribution < -0.4 is 10.6 Å². The summed E-state index contributed by atoms with van der Waals surface area (Å²) < 4.78 is 1.37. The highest BCUT2D eigenvalue weighted by molar-refractivity contribution is 6.36. The summed E-state index contributed by atoms with van der Waals surface area (Å²) in [6.45, 7) is 0. The van der Waals surface area contributed by atoms with Crippen LogP contribution in [0.15, 0.2) is 89.7 Å². The molecule has 2 atom stereocenters. The van der Waals surface area contributed by atoms with Gasteiger partial charge < -0.3 is 0 Å². The maximum absolute atomic E-state index is 13.5. The van der Waals surface area contributed by atoms with Crippen LogP contribution in [0.5, 0.6) is 0 Å². The van der Waals surface area contributed by atoms with E-state index in [0.29, 0.717) is 16.7 Å². The third kappa shape index (κ3) is 2.74. The number of halogens is 1. The number of β-lactam (4-membered cyclic amide) rings is 1. The van der Waals surface area contributed by atoms with Crippen molar-refractivity contribution in [3.63, 3.8) is 0 Å². The first kappa shape index (κ1) is 17.6. The van der Waals surface area contributed by atoms with Crippen molar-refractivity contribution in [3.05, 3.63) is 101 Å². The topological polar surface area (TPSA) is 55.2 Å². The number of aromatic nitrogens is 2. The predicted molar refractivity (Wildman–Crippen MR) is 113 cm³/mol. The van der Waals surface area contributed by atoms with E-state index in [9.17, 15) is 9.59 Å². The quantitative estimate of drug-likeness (QED) is 0.386. The number of nitrogens with zero attached hydrogens (tertiary/aromatic N) is 3. The molecule has 2 unspecified atom stereocenters. The van der Waals surface area contributed by atoms with Gasteiger partial charge in [-0.25, -0.2) is 9.99 Å². The van der Waals surface area contributed by atoms with Gasteiger partial charge in [0.05, 0.1) is 10.9 Å². The molecule has 0 N–H and O–H groups in total. The van der Waals surface area contributed by atoms with Crippen LogP contribution in [-0.4, -0.2) is 20.9 Å². The Bertz CT molecular complexity index is 1270. The van der Waals surface area contributed by atoms with Gasteiger partial charge in [0.2, 0.25) is 0 Å². The summed E-state index contributed by atoms with van der Waals surface area (Å²) in [5.41, 5.74) is 1.89. The third-order valence-electron chi connectivity index (χ3n) is 5.14. The minimum absolute atomic E-state index is 0.299. The zero-order valence-corrected chi connectivity index (χ0v) is 16.0. The van der Waals surface area contributed by atoms with Gasteiger partial charge >= 0.3 is 0 Å². The number of para-hydroxylation sites is 1. The van der Waals surface area contributed by atoms with Crippen LogP contribution in [0.3, 0.4) is 0 Å². The molecule has 1 fully saturated rings. The lowest BCUT2D eigenvalue weighted by Crippen LogP contribution is -2.64. The summed E-state index contributed by atoms with van der Waals surface area (Å²) in [7, 11) is 0. The number of benzene rings is 3. The van der Waals surface area contributed by atoms with Crippen LogP contribution >= 0.6 is 11.6 Å². The second-order valence-electron chi connectivity index (χ2n) is 6.88. The Labute approximate surface area is 171 Å². The molecule has 5 nitrogen and oxygen atoms in total. The Morgan fingerprint density at radius 3 is 2.14 bits per heavy atom. The molecule has 5 rings (SSSR count). The molecule has 0 spiro atoms. The molecule has 0 saturated carbocycles. The van der Waals surface area contributed by atoms with E-state index in [1.807, 2.05) is 66.7 Å². The second-order valence-corrected chi connectivity index (χ2v) is 7.35. The second kappa shape index (κ2) is 6.87. The van der Waals surface area contributed by atoms with Crippen molar-refractivity contribution < 1.29 is 4.79 Å². The molecule has 29 heavy (non-hydrogen) atoms. The lowest BCUT2D eigenvalue weighted by molar-refractivity contribution is -0.126. The number of hydrogen-bond acceptors (Lipinski definition) is 3. The molecule has 3 aromatic carbocycles. The van der Waals surface area contributed by atoms with Gasteiger partial charge in [-0.05, 0) is 17.7 Å². The van der Waals surface area contributed by atoms with E-state index in [4.69, 9.17) is 16.6 Å². The summed E-state index contributed by atoms with van der Waals surface area (Å²) >= 11 is 6.39. The van der Waals surface area contributed by atoms with E-state index in [0.717, 1.165) is 11.1 Å². The van der Waals surface area contributed by atoms with Crippen molar-refractivity contribution in [2.45, 2.75) is 11.4 Å². The average Bonchev–Trinajstić information content (AvgIpc) is 2.78. The van der Waals surface area contributed by atoms with Crippen LogP contribution in [0, 0.1) is 0 Å². The minimum atomic E-state index is -0.737. The Morgan fingerprint density at radius 1 is 0.793 bits per heavy atom. The lowest BCUT2D eigenvalue weighted by atomic mass is 9.95. The fourth-order valence-electron chi connectivity index (χ4n) is 3.72. The van der Waals surface area contributed by atoms with Gasteiger partial charge in [-0.15, -0.1) is 11.6 Å². The van der Waals surface area contributed by atoms with Gasteiger partial charge in [-0.3, -0.25) is 9.59 Å². The van der Waals surface area contributed by atoms with E-state index in [2.05, 4.69) is 0 Å². The summed E-state index contributed by atoms with van der Waals surface area (Å²) in [6.07, 6.45) is 0. The van der Waals surface area contributed by atoms with Gasteiger partial charge in [-0.1, -0.05) is 72.8 Å². The van der Waals surface area contributed by atoms with Crippen molar-refractivity contribution >= 4 is 28.4 Å². The molecule has 1 aliphatic heterocycles. The fourth-order valence-corrected chi connectivity index (χ4v) is 4.07. The molecule has 1 amide bonds. The molecular weight excluding hydrogens is 386 g/mol. The Kier molecular flexibility index (Phi) is 4.18. The number of carbonyl (C=O) groups excluding carboxylic acids is 1. The number of rotatable bonds is 3. The number of hydrogen-bond donors (Lipinski definition) is 0. The summed E-state index contributed by atoms with van der Waals surface area (Å²) in [4.78, 5) is 31.0. The van der Waals surface area contributed by atoms with Crippen LogP contribution in [0.4, 0.5) is 0 Å². The molecule has 142 valence electrons. The molecule has 0 radical (unpaired) electrons. The Hall–Kier alpha value is -3.44. The highest BCUT2D eigenvalue weighted by atomic mass is 35.5. The maximum atomic E-state index is 13.5. The van der Waals surface area contributed by atoms with E-state index < -0.39 is 11.4 Å². The predicted octanol–water partition coefficient (Wildman–Crippen LogP) is 3.89. The van der Waals surface area contributed by atoms with Crippen LogP contribution in [0.2, 0.25) is 0 Å². The fraction of sp³-hybridized carbons (Fsp3) is 0.0870. The Balaban J connectivity index is 1.78. The van der Waals surface area contributed by atoms with E-state index >= 15 is 0 Å². The number of alkyl halides is 1. The molecule has 0 aliphatic carbocycles. The van der Waals surface area contributed by atoms with E-state index in [1.54, 1.807) is 18.2 Å². The van der Waals surface area contributed by atoms with Crippen molar-refractivity contribution in [2.24, 2.45) is 0 Å². The highest BCUT2D eigenvalue weighted by Crippen LogP contribution is 2.38. The number of amides is 1. The zero-order chi connectivity index (χ0) is 20.0. The summed E-state index contributed by atoms with van der Waals surface area (Å²) in [5, 5.41) is 1.14. The van der Waals surface area contributed by atoms with Gasteiger partial charge in [0.15, 0.2) is 5.82 Å². The van der Waals surface area contributed by atoms with Crippen LogP contribution in [0.1, 0.15) is 11.6 Å². The maximum Gasteiger partial charge on any atom is 0.280 e. The smallest absolute Gasteiger partial charge is 0.271 e. The van der Waals surface area contributed by atoms with Crippen molar-refractivity contribution in [2.75, 3.05) is 5.01 Å². The van der Waals surface area contributed by atoms with Crippen molar-refractivity contribution in [1.29, 1.82) is 0 Å². The molecule has 1 saturated heterocycles. The molecule has 4 aromatic rings. The molecule has 1 aromatic heterocycles. The largest absolute Gasteiger partial charge is 0.280 e. The van der Waals surface area contributed by atoms with Gasteiger partial charge in [0.1, 0.15) is 11.4 Å². The van der Waals surface area contributed by atoms with Gasteiger partial charge in [0.25, 0.3) is 11.5 Å². The normalized spacial score (nSPS) is 18.7. The number of carbonyl (C=O) groups is 1.